The summed E-state index contributed by atoms with van der Waals surface area (Å²) in [4.78, 5) is 15.9. The molecule has 0 saturated heterocycles. The first-order valence-corrected chi connectivity index (χ1v) is 8.90. The normalized spacial score (nSPS) is 15.6. The van der Waals surface area contributed by atoms with Crippen molar-refractivity contribution in [3.05, 3.63) is 28.5 Å². The third kappa shape index (κ3) is 2.59. The summed E-state index contributed by atoms with van der Waals surface area (Å²) >= 11 is 1.81. The Morgan fingerprint density at radius 3 is 2.96 bits per heavy atom. The van der Waals surface area contributed by atoms with E-state index in [4.69, 9.17) is 4.52 Å². The van der Waals surface area contributed by atoms with Crippen molar-refractivity contribution in [2.75, 3.05) is 5.32 Å². The van der Waals surface area contributed by atoms with E-state index in [0.717, 1.165) is 29.9 Å². The van der Waals surface area contributed by atoms with Crippen molar-refractivity contribution in [2.24, 2.45) is 0 Å². The number of aryl methyl sites for hydroxylation is 3. The fourth-order valence-corrected chi connectivity index (χ4v) is 4.40. The molecule has 3 heterocycles. The molecule has 3 aromatic rings. The van der Waals surface area contributed by atoms with Gasteiger partial charge in [-0.25, -0.2) is 9.97 Å². The summed E-state index contributed by atoms with van der Waals surface area (Å²) in [6.07, 6.45) is 7.30. The largest absolute Gasteiger partial charge is 0.359 e. The molecule has 1 aliphatic rings. The Labute approximate surface area is 138 Å². The fourth-order valence-electron chi connectivity index (χ4n) is 3.17. The van der Waals surface area contributed by atoms with Crippen molar-refractivity contribution in [2.45, 2.75) is 52.0 Å². The van der Waals surface area contributed by atoms with Crippen molar-refractivity contribution in [1.82, 2.24) is 20.1 Å². The Kier molecular flexibility index (Phi) is 3.72. The van der Waals surface area contributed by atoms with Crippen LogP contribution in [0.1, 0.15) is 54.4 Å². The summed E-state index contributed by atoms with van der Waals surface area (Å²) in [6.45, 7) is 3.91. The molecule has 0 spiro atoms. The Morgan fingerprint density at radius 2 is 2.17 bits per heavy atom. The molecule has 1 unspecified atom stereocenters. The molecule has 0 aromatic carbocycles. The van der Waals surface area contributed by atoms with Crippen LogP contribution in [0, 0.1) is 6.92 Å². The van der Waals surface area contributed by atoms with E-state index < -0.39 is 0 Å². The molecule has 0 aliphatic heterocycles. The molecule has 0 radical (unpaired) electrons. The van der Waals surface area contributed by atoms with Crippen LogP contribution in [-0.2, 0) is 12.8 Å². The molecule has 1 N–H and O–H groups in total. The van der Waals surface area contributed by atoms with E-state index in [1.54, 1.807) is 13.3 Å². The van der Waals surface area contributed by atoms with E-state index in [1.165, 1.54) is 28.7 Å². The maximum atomic E-state index is 5.12. The summed E-state index contributed by atoms with van der Waals surface area (Å²) in [6, 6.07) is -0.00955. The van der Waals surface area contributed by atoms with E-state index in [2.05, 4.69) is 32.3 Å². The Bertz CT molecular complexity index is 840. The molecule has 7 heteroatoms. The van der Waals surface area contributed by atoms with Gasteiger partial charge in [-0.3, -0.25) is 0 Å². The molecule has 23 heavy (non-hydrogen) atoms. The standard InChI is InChI=1S/C16H19N5OS/c1-3-11(14-19-9(2)22-21-14)20-15-13-10-6-4-5-7-12(10)23-16(13)18-8-17-15/h8,11H,3-7H2,1-2H3,(H,17,18,20). The number of rotatable bonds is 4. The minimum absolute atomic E-state index is 0.00955. The first-order chi connectivity index (χ1) is 11.3. The summed E-state index contributed by atoms with van der Waals surface area (Å²) in [5, 5.41) is 8.74. The van der Waals surface area contributed by atoms with Crippen molar-refractivity contribution in [3.8, 4) is 0 Å². The van der Waals surface area contributed by atoms with E-state index in [-0.39, 0.29) is 6.04 Å². The number of fused-ring (bicyclic) bond motifs is 3. The second-order valence-corrected chi connectivity index (χ2v) is 6.97. The number of nitrogens with zero attached hydrogens (tertiary/aromatic N) is 4. The molecule has 0 amide bonds. The number of anilines is 1. The van der Waals surface area contributed by atoms with Gasteiger partial charge in [0.25, 0.3) is 0 Å². The van der Waals surface area contributed by atoms with Gasteiger partial charge in [-0.05, 0) is 37.7 Å². The van der Waals surface area contributed by atoms with Crippen LogP contribution in [-0.4, -0.2) is 20.1 Å². The smallest absolute Gasteiger partial charge is 0.223 e. The fraction of sp³-hybridized carbons (Fsp3) is 0.500. The maximum absolute atomic E-state index is 5.12. The molecule has 3 aromatic heterocycles. The molecule has 120 valence electrons. The highest BCUT2D eigenvalue weighted by Gasteiger charge is 2.22. The molecule has 0 bridgehead atoms. The lowest BCUT2D eigenvalue weighted by Crippen LogP contribution is -2.13. The van der Waals surface area contributed by atoms with Gasteiger partial charge in [-0.15, -0.1) is 11.3 Å². The predicted molar refractivity (Wildman–Crippen MR) is 89.7 cm³/mol. The number of aromatic nitrogens is 4. The average molecular weight is 329 g/mol. The molecular formula is C16H19N5OS. The highest BCUT2D eigenvalue weighted by atomic mass is 32.1. The minimum Gasteiger partial charge on any atom is -0.359 e. The second kappa shape index (κ2) is 5.88. The maximum Gasteiger partial charge on any atom is 0.223 e. The van der Waals surface area contributed by atoms with Crippen LogP contribution in [0.5, 0.6) is 0 Å². The molecule has 0 fully saturated rings. The minimum atomic E-state index is -0.00955. The number of hydrogen-bond donors (Lipinski definition) is 1. The van der Waals surface area contributed by atoms with Gasteiger partial charge in [0.05, 0.1) is 11.4 Å². The van der Waals surface area contributed by atoms with Crippen molar-refractivity contribution < 1.29 is 4.52 Å². The summed E-state index contributed by atoms with van der Waals surface area (Å²) < 4.78 is 5.12. The molecule has 0 saturated carbocycles. The Morgan fingerprint density at radius 1 is 1.30 bits per heavy atom. The van der Waals surface area contributed by atoms with Gasteiger partial charge in [-0.1, -0.05) is 12.1 Å². The van der Waals surface area contributed by atoms with Crippen LogP contribution in [0.3, 0.4) is 0 Å². The van der Waals surface area contributed by atoms with E-state index in [9.17, 15) is 0 Å². The van der Waals surface area contributed by atoms with Crippen molar-refractivity contribution >= 4 is 27.4 Å². The van der Waals surface area contributed by atoms with Crippen LogP contribution >= 0.6 is 11.3 Å². The Hall–Kier alpha value is -2.02. The van der Waals surface area contributed by atoms with Gasteiger partial charge in [0.15, 0.2) is 5.82 Å². The zero-order chi connectivity index (χ0) is 15.8. The summed E-state index contributed by atoms with van der Waals surface area (Å²) in [5.74, 6) is 2.16. The van der Waals surface area contributed by atoms with Gasteiger partial charge in [0, 0.05) is 11.8 Å². The lowest BCUT2D eigenvalue weighted by Gasteiger charge is -2.16. The average Bonchev–Trinajstić information content (AvgIpc) is 3.16. The lowest BCUT2D eigenvalue weighted by molar-refractivity contribution is 0.384. The topological polar surface area (TPSA) is 76.7 Å². The van der Waals surface area contributed by atoms with Gasteiger partial charge in [-0.2, -0.15) is 4.98 Å². The zero-order valence-electron chi connectivity index (χ0n) is 13.3. The SMILES string of the molecule is CCC(Nc1ncnc2sc3c(c12)CCCC3)c1noc(C)n1. The lowest BCUT2D eigenvalue weighted by atomic mass is 9.97. The molecule has 1 aliphatic carbocycles. The van der Waals surface area contributed by atoms with Gasteiger partial charge >= 0.3 is 0 Å². The molecule has 1 atom stereocenters. The van der Waals surface area contributed by atoms with Crippen LogP contribution < -0.4 is 5.32 Å². The third-order valence-electron chi connectivity index (χ3n) is 4.33. The van der Waals surface area contributed by atoms with Crippen LogP contribution in [0.25, 0.3) is 10.2 Å². The quantitative estimate of drug-likeness (QED) is 0.784. The first-order valence-electron chi connectivity index (χ1n) is 8.08. The van der Waals surface area contributed by atoms with E-state index >= 15 is 0 Å². The number of thiophene rings is 1. The monoisotopic (exact) mass is 329 g/mol. The van der Waals surface area contributed by atoms with Crippen molar-refractivity contribution in [3.63, 3.8) is 0 Å². The summed E-state index contributed by atoms with van der Waals surface area (Å²) in [7, 11) is 0. The van der Waals surface area contributed by atoms with Crippen LogP contribution in [0.4, 0.5) is 5.82 Å². The summed E-state index contributed by atoms with van der Waals surface area (Å²) in [5.41, 5.74) is 1.43. The zero-order valence-corrected chi connectivity index (χ0v) is 14.1. The van der Waals surface area contributed by atoms with E-state index in [0.29, 0.717) is 11.7 Å². The molecule has 6 nitrogen and oxygen atoms in total. The third-order valence-corrected chi connectivity index (χ3v) is 5.53. The number of hydrogen-bond acceptors (Lipinski definition) is 7. The van der Waals surface area contributed by atoms with Gasteiger partial charge < -0.3 is 9.84 Å². The Balaban J connectivity index is 1.74. The highest BCUT2D eigenvalue weighted by Crippen LogP contribution is 2.39. The predicted octanol–water partition coefficient (Wildman–Crippen LogP) is 3.82. The molecular weight excluding hydrogens is 310 g/mol. The van der Waals surface area contributed by atoms with Crippen molar-refractivity contribution in [1.29, 1.82) is 0 Å². The van der Waals surface area contributed by atoms with Crippen LogP contribution in [0.15, 0.2) is 10.9 Å². The van der Waals surface area contributed by atoms with Gasteiger partial charge in [0.2, 0.25) is 5.89 Å². The second-order valence-electron chi connectivity index (χ2n) is 5.89. The highest BCUT2D eigenvalue weighted by molar-refractivity contribution is 7.19. The van der Waals surface area contributed by atoms with E-state index in [1.807, 2.05) is 11.3 Å². The number of nitrogens with one attached hydrogen (secondary N) is 1. The molecule has 4 rings (SSSR count). The first kappa shape index (κ1) is 14.6. The van der Waals surface area contributed by atoms with Crippen LogP contribution in [0.2, 0.25) is 0 Å². The van der Waals surface area contributed by atoms with Gasteiger partial charge in [0.1, 0.15) is 17.0 Å².